The van der Waals surface area contributed by atoms with Gasteiger partial charge in [0.25, 0.3) is 5.91 Å². The summed E-state index contributed by atoms with van der Waals surface area (Å²) in [5.41, 5.74) is 0.201. The molecule has 0 aromatic carbocycles. The summed E-state index contributed by atoms with van der Waals surface area (Å²) < 4.78 is 5.38. The molecule has 0 radical (unpaired) electrons. The van der Waals surface area contributed by atoms with Crippen molar-refractivity contribution in [1.82, 2.24) is 15.1 Å². The monoisotopic (exact) mass is 305 g/mol. The molecule has 8 heteroatoms. The number of halogens is 2. The third kappa shape index (κ3) is 3.14. The first-order valence-corrected chi connectivity index (χ1v) is 6.50. The zero-order valence-electron chi connectivity index (χ0n) is 10.2. The lowest BCUT2D eigenvalue weighted by Crippen LogP contribution is -2.52. The lowest BCUT2D eigenvalue weighted by atomic mass is 10.1. The number of aliphatic hydroxyl groups is 1. The summed E-state index contributed by atoms with van der Waals surface area (Å²) in [7, 11) is 0. The van der Waals surface area contributed by atoms with E-state index in [-0.39, 0.29) is 40.5 Å². The molecule has 6 nitrogen and oxygen atoms in total. The summed E-state index contributed by atoms with van der Waals surface area (Å²) in [6.07, 6.45) is -0.385. The maximum absolute atomic E-state index is 12.4. The van der Waals surface area contributed by atoms with Crippen LogP contribution in [0.3, 0.4) is 0 Å². The fourth-order valence-electron chi connectivity index (χ4n) is 1.87. The smallest absolute Gasteiger partial charge is 0.257 e. The van der Waals surface area contributed by atoms with Crippen LogP contribution >= 0.6 is 23.2 Å². The number of aromatic nitrogens is 2. The normalized spacial score (nSPS) is 23.5. The predicted molar refractivity (Wildman–Crippen MR) is 69.4 cm³/mol. The van der Waals surface area contributed by atoms with E-state index in [1.54, 1.807) is 4.90 Å². The fourth-order valence-corrected chi connectivity index (χ4v) is 2.19. The Balaban J connectivity index is 2.24. The molecule has 1 N–H and O–H groups in total. The van der Waals surface area contributed by atoms with Crippen LogP contribution in [0, 0.1) is 0 Å². The first-order valence-electron chi connectivity index (χ1n) is 5.75. The lowest BCUT2D eigenvalue weighted by molar-refractivity contribution is -0.0667. The van der Waals surface area contributed by atoms with E-state index in [0.717, 1.165) is 0 Å². The summed E-state index contributed by atoms with van der Waals surface area (Å²) in [6.45, 7) is 2.38. The highest BCUT2D eigenvalue weighted by Gasteiger charge is 2.31. The zero-order chi connectivity index (χ0) is 14.0. The van der Waals surface area contributed by atoms with Gasteiger partial charge in [0.1, 0.15) is 0 Å². The van der Waals surface area contributed by atoms with Crippen LogP contribution in [-0.4, -0.2) is 58.0 Å². The van der Waals surface area contributed by atoms with Gasteiger partial charge >= 0.3 is 0 Å². The Morgan fingerprint density at radius 3 is 3.00 bits per heavy atom. The van der Waals surface area contributed by atoms with Crippen molar-refractivity contribution in [3.05, 3.63) is 21.9 Å². The molecule has 1 aromatic rings. The second-order valence-electron chi connectivity index (χ2n) is 4.32. The Bertz CT molecular complexity index is 486. The van der Waals surface area contributed by atoms with Crippen LogP contribution in [0.1, 0.15) is 17.3 Å². The highest BCUT2D eigenvalue weighted by molar-refractivity contribution is 6.34. The van der Waals surface area contributed by atoms with Crippen LogP contribution < -0.4 is 0 Å². The summed E-state index contributed by atoms with van der Waals surface area (Å²) in [5.74, 6) is -0.295. The van der Waals surface area contributed by atoms with Gasteiger partial charge in [-0.05, 0) is 13.0 Å². The van der Waals surface area contributed by atoms with Gasteiger partial charge < -0.3 is 14.7 Å². The molecule has 19 heavy (non-hydrogen) atoms. The standard InChI is InChI=1S/C11H13Cl2N3O3/c1-6-5-19-7(4-17)3-16(6)11(18)8-2-9(12)14-15-10(8)13/h2,6-7,17H,3-5H2,1H3. The second kappa shape index (κ2) is 6.00. The van der Waals surface area contributed by atoms with Crippen molar-refractivity contribution in [3.63, 3.8) is 0 Å². The Morgan fingerprint density at radius 2 is 2.32 bits per heavy atom. The maximum atomic E-state index is 12.4. The number of hydrogen-bond donors (Lipinski definition) is 1. The summed E-state index contributed by atoms with van der Waals surface area (Å²) >= 11 is 11.6. The molecule has 0 aliphatic carbocycles. The molecule has 104 valence electrons. The van der Waals surface area contributed by atoms with E-state index in [9.17, 15) is 4.79 Å². The first-order chi connectivity index (χ1) is 9.02. The van der Waals surface area contributed by atoms with Crippen LogP contribution in [0.15, 0.2) is 6.07 Å². The molecule has 1 saturated heterocycles. The van der Waals surface area contributed by atoms with Gasteiger partial charge in [-0.25, -0.2) is 0 Å². The van der Waals surface area contributed by atoms with Gasteiger partial charge in [0.05, 0.1) is 30.9 Å². The van der Waals surface area contributed by atoms with Gasteiger partial charge in [0.15, 0.2) is 10.3 Å². The van der Waals surface area contributed by atoms with Crippen LogP contribution in [0.2, 0.25) is 10.3 Å². The van der Waals surface area contributed by atoms with Crippen LogP contribution in [0.5, 0.6) is 0 Å². The molecule has 0 spiro atoms. The number of rotatable bonds is 2. The van der Waals surface area contributed by atoms with E-state index in [1.165, 1.54) is 6.07 Å². The zero-order valence-corrected chi connectivity index (χ0v) is 11.7. The van der Waals surface area contributed by atoms with Crippen LogP contribution in [0.25, 0.3) is 0 Å². The number of carbonyl (C=O) groups excluding carboxylic acids is 1. The van der Waals surface area contributed by atoms with Gasteiger partial charge in [0, 0.05) is 6.54 Å². The molecular weight excluding hydrogens is 293 g/mol. The number of carbonyl (C=O) groups is 1. The average Bonchev–Trinajstić information content (AvgIpc) is 2.41. The number of hydrogen-bond acceptors (Lipinski definition) is 5. The minimum absolute atomic E-state index is 0.00800. The maximum Gasteiger partial charge on any atom is 0.257 e. The highest BCUT2D eigenvalue weighted by atomic mass is 35.5. The number of ether oxygens (including phenoxy) is 1. The van der Waals surface area contributed by atoms with E-state index < -0.39 is 0 Å². The van der Waals surface area contributed by atoms with E-state index in [1.807, 2.05) is 6.92 Å². The molecule has 0 bridgehead atoms. The molecule has 2 atom stereocenters. The largest absolute Gasteiger partial charge is 0.394 e. The number of amides is 1. The number of aliphatic hydroxyl groups excluding tert-OH is 1. The Morgan fingerprint density at radius 1 is 1.58 bits per heavy atom. The fraction of sp³-hybridized carbons (Fsp3) is 0.545. The van der Waals surface area contributed by atoms with Gasteiger partial charge in [-0.1, -0.05) is 23.2 Å². The minimum atomic E-state index is -0.385. The van der Waals surface area contributed by atoms with Crippen molar-refractivity contribution in [2.75, 3.05) is 19.8 Å². The molecule has 1 aliphatic heterocycles. The van der Waals surface area contributed by atoms with E-state index in [0.29, 0.717) is 13.2 Å². The van der Waals surface area contributed by atoms with Crippen molar-refractivity contribution < 1.29 is 14.6 Å². The van der Waals surface area contributed by atoms with Crippen molar-refractivity contribution in [3.8, 4) is 0 Å². The van der Waals surface area contributed by atoms with Crippen molar-refractivity contribution in [2.45, 2.75) is 19.1 Å². The topological polar surface area (TPSA) is 75.6 Å². The SMILES string of the molecule is CC1COC(CO)CN1C(=O)c1cc(Cl)nnc1Cl. The molecule has 1 aromatic heterocycles. The third-order valence-corrected chi connectivity index (χ3v) is 3.38. The highest BCUT2D eigenvalue weighted by Crippen LogP contribution is 2.21. The average molecular weight is 306 g/mol. The molecule has 1 amide bonds. The predicted octanol–water partition coefficient (Wildman–Crippen LogP) is 1.01. The van der Waals surface area contributed by atoms with Crippen molar-refractivity contribution in [2.24, 2.45) is 0 Å². The van der Waals surface area contributed by atoms with E-state index >= 15 is 0 Å². The number of nitrogens with zero attached hydrogens (tertiary/aromatic N) is 3. The van der Waals surface area contributed by atoms with Crippen LogP contribution in [0.4, 0.5) is 0 Å². The molecule has 2 unspecified atom stereocenters. The molecular formula is C11H13Cl2N3O3. The molecule has 2 heterocycles. The molecule has 1 fully saturated rings. The molecule has 0 saturated carbocycles. The number of morpholine rings is 1. The van der Waals surface area contributed by atoms with Gasteiger partial charge in [-0.15, -0.1) is 10.2 Å². The molecule has 1 aliphatic rings. The summed E-state index contributed by atoms with van der Waals surface area (Å²) in [6, 6.07) is 1.27. The third-order valence-electron chi connectivity index (χ3n) is 2.92. The van der Waals surface area contributed by atoms with Gasteiger partial charge in [0.2, 0.25) is 0 Å². The summed E-state index contributed by atoms with van der Waals surface area (Å²) in [5, 5.41) is 16.4. The van der Waals surface area contributed by atoms with E-state index in [4.69, 9.17) is 33.0 Å². The second-order valence-corrected chi connectivity index (χ2v) is 5.06. The molecule has 2 rings (SSSR count). The Hall–Kier alpha value is -0.950. The lowest BCUT2D eigenvalue weighted by Gasteiger charge is -2.37. The van der Waals surface area contributed by atoms with Gasteiger partial charge in [-0.2, -0.15) is 0 Å². The minimum Gasteiger partial charge on any atom is -0.394 e. The summed E-state index contributed by atoms with van der Waals surface area (Å²) in [4.78, 5) is 14.0. The van der Waals surface area contributed by atoms with Crippen molar-refractivity contribution >= 4 is 29.1 Å². The Kier molecular flexibility index (Phi) is 4.57. The van der Waals surface area contributed by atoms with E-state index in [2.05, 4.69) is 10.2 Å². The van der Waals surface area contributed by atoms with Crippen molar-refractivity contribution in [1.29, 1.82) is 0 Å². The Labute approximate surface area is 120 Å². The quantitative estimate of drug-likeness (QED) is 0.882. The van der Waals surface area contributed by atoms with Gasteiger partial charge in [-0.3, -0.25) is 4.79 Å². The first kappa shape index (κ1) is 14.5. The van der Waals surface area contributed by atoms with Crippen LogP contribution in [-0.2, 0) is 4.74 Å².